The van der Waals surface area contributed by atoms with Gasteiger partial charge in [0.2, 0.25) is 5.88 Å². The van der Waals surface area contributed by atoms with Crippen molar-refractivity contribution in [2.75, 3.05) is 18.4 Å². The minimum Gasteiger partial charge on any atom is -0.469 e. The Morgan fingerprint density at radius 1 is 1.52 bits per heavy atom. The number of aromatic nitrogens is 2. The molecule has 0 spiro atoms. The van der Waals surface area contributed by atoms with Gasteiger partial charge in [-0.1, -0.05) is 18.2 Å². The summed E-state index contributed by atoms with van der Waals surface area (Å²) in [5, 5.41) is 4.13. The highest BCUT2D eigenvalue weighted by molar-refractivity contribution is 7.93. The Balaban J connectivity index is 1.85. The summed E-state index contributed by atoms with van der Waals surface area (Å²) in [4.78, 5) is 0.255. The minimum absolute atomic E-state index is 0.163. The molecule has 2 heterocycles. The highest BCUT2D eigenvalue weighted by Crippen LogP contribution is 2.31. The second-order valence-electron chi connectivity index (χ2n) is 4.72. The maximum Gasteiger partial charge on any atom is 0.231 e. The summed E-state index contributed by atoms with van der Waals surface area (Å²) >= 11 is 0. The molecular weight excluding hydrogens is 292 g/mol. The van der Waals surface area contributed by atoms with Gasteiger partial charge in [0, 0.05) is 12.8 Å². The summed E-state index contributed by atoms with van der Waals surface area (Å²) < 4.78 is 35.8. The van der Waals surface area contributed by atoms with Crippen LogP contribution in [-0.2, 0) is 21.2 Å². The van der Waals surface area contributed by atoms with Crippen molar-refractivity contribution in [1.29, 1.82) is 4.78 Å². The Morgan fingerprint density at radius 2 is 2.29 bits per heavy atom. The number of anilines is 1. The van der Waals surface area contributed by atoms with E-state index < -0.39 is 9.92 Å². The van der Waals surface area contributed by atoms with Gasteiger partial charge >= 0.3 is 0 Å². The molecule has 8 heteroatoms. The number of ether oxygens (including phenoxy) is 2. The van der Waals surface area contributed by atoms with Crippen LogP contribution in [0.15, 0.2) is 41.4 Å². The number of para-hydroxylation sites is 1. The largest absolute Gasteiger partial charge is 0.469 e. The zero-order chi connectivity index (χ0) is 14.9. The lowest BCUT2D eigenvalue weighted by atomic mass is 10.3. The van der Waals surface area contributed by atoms with E-state index in [-0.39, 0.29) is 11.0 Å². The van der Waals surface area contributed by atoms with E-state index in [2.05, 4.69) is 9.82 Å². The van der Waals surface area contributed by atoms with Crippen molar-refractivity contribution in [3.05, 3.63) is 36.5 Å². The van der Waals surface area contributed by atoms with Gasteiger partial charge in [-0.3, -0.25) is 4.72 Å². The van der Waals surface area contributed by atoms with Gasteiger partial charge in [0.1, 0.15) is 11.0 Å². The summed E-state index contributed by atoms with van der Waals surface area (Å²) in [6.07, 6.45) is 1.26. The molecule has 1 aliphatic heterocycles. The average Bonchev–Trinajstić information content (AvgIpc) is 2.99. The van der Waals surface area contributed by atoms with Gasteiger partial charge in [0.05, 0.1) is 19.3 Å². The number of nitrogens with one attached hydrogen (secondary N) is 2. The maximum absolute atomic E-state index is 12.6. The molecule has 0 radical (unpaired) electrons. The number of hydrogen-bond donors (Lipinski definition) is 2. The van der Waals surface area contributed by atoms with Crippen LogP contribution in [0.2, 0.25) is 0 Å². The number of hydrogen-bond acceptors (Lipinski definition) is 5. The zero-order valence-electron chi connectivity index (χ0n) is 11.5. The number of nitrogens with zero attached hydrogens (tertiary/aromatic N) is 2. The molecular formula is C13H16N4O3S. The fraction of sp³-hybridized carbons (Fsp3) is 0.308. The zero-order valence-corrected chi connectivity index (χ0v) is 12.3. The summed E-state index contributed by atoms with van der Waals surface area (Å²) in [6, 6.07) is 8.99. The van der Waals surface area contributed by atoms with Crippen molar-refractivity contribution in [1.82, 2.24) is 9.78 Å². The summed E-state index contributed by atoms with van der Waals surface area (Å²) in [5.74, 6) is 0.375. The average molecular weight is 308 g/mol. The Bertz CT molecular complexity index is 727. The van der Waals surface area contributed by atoms with Gasteiger partial charge in [-0.2, -0.15) is 5.10 Å². The molecule has 2 atom stereocenters. The topological polar surface area (TPSA) is 89.2 Å². The first kappa shape index (κ1) is 13.9. The third-order valence-corrected chi connectivity index (χ3v) is 4.53. The standard InChI is InChI=1S/C13H16N4O3S/c1-19-9-11-8-17-13(20-11)12(7-15-17)21(14,18)16-10-5-3-2-4-6-10/h2-7,11H,8-9H2,1H3,(H2,14,16,18). The molecule has 2 N–H and O–H groups in total. The molecule has 0 fully saturated rings. The predicted octanol–water partition coefficient (Wildman–Crippen LogP) is 1.72. The monoisotopic (exact) mass is 308 g/mol. The highest BCUT2D eigenvalue weighted by Gasteiger charge is 2.30. The van der Waals surface area contributed by atoms with Crippen LogP contribution < -0.4 is 9.46 Å². The van der Waals surface area contributed by atoms with Crippen LogP contribution in [0, 0.1) is 4.78 Å². The molecule has 2 unspecified atom stereocenters. The fourth-order valence-corrected chi connectivity index (χ4v) is 3.36. The molecule has 21 heavy (non-hydrogen) atoms. The van der Waals surface area contributed by atoms with E-state index in [9.17, 15) is 4.21 Å². The normalized spacial score (nSPS) is 19.6. The smallest absolute Gasteiger partial charge is 0.231 e. The van der Waals surface area contributed by atoms with Crippen molar-refractivity contribution in [3.8, 4) is 5.88 Å². The van der Waals surface area contributed by atoms with Crippen LogP contribution in [0.5, 0.6) is 5.88 Å². The van der Waals surface area contributed by atoms with Crippen LogP contribution in [0.1, 0.15) is 0 Å². The number of benzene rings is 1. The van der Waals surface area contributed by atoms with E-state index >= 15 is 0 Å². The van der Waals surface area contributed by atoms with Gasteiger partial charge in [-0.15, -0.1) is 0 Å². The number of fused-ring (bicyclic) bond motifs is 1. The molecule has 0 amide bonds. The van der Waals surface area contributed by atoms with Gasteiger partial charge < -0.3 is 9.47 Å². The number of rotatable bonds is 5. The summed E-state index contributed by atoms with van der Waals surface area (Å²) in [5.41, 5.74) is 0.615. The van der Waals surface area contributed by atoms with Crippen LogP contribution in [-0.4, -0.2) is 33.8 Å². The van der Waals surface area contributed by atoms with Crippen molar-refractivity contribution in [2.24, 2.45) is 0 Å². The third-order valence-electron chi connectivity index (χ3n) is 3.11. The quantitative estimate of drug-likeness (QED) is 0.880. The van der Waals surface area contributed by atoms with E-state index in [0.717, 1.165) is 0 Å². The van der Waals surface area contributed by atoms with Crippen LogP contribution >= 0.6 is 0 Å². The van der Waals surface area contributed by atoms with Crippen molar-refractivity contribution in [2.45, 2.75) is 17.5 Å². The summed E-state index contributed by atoms with van der Waals surface area (Å²) in [6.45, 7) is 0.956. The van der Waals surface area contributed by atoms with Crippen LogP contribution in [0.4, 0.5) is 5.69 Å². The van der Waals surface area contributed by atoms with E-state index in [1.807, 2.05) is 18.2 Å². The molecule has 0 aliphatic carbocycles. The molecule has 1 aromatic carbocycles. The molecule has 0 bridgehead atoms. The van der Waals surface area contributed by atoms with Crippen molar-refractivity contribution >= 4 is 15.6 Å². The van der Waals surface area contributed by atoms with Crippen LogP contribution in [0.3, 0.4) is 0 Å². The Hall–Kier alpha value is -2.06. The predicted molar refractivity (Wildman–Crippen MR) is 77.7 cm³/mol. The number of methoxy groups -OCH3 is 1. The molecule has 1 aromatic heterocycles. The van der Waals surface area contributed by atoms with Gasteiger partial charge in [-0.05, 0) is 12.1 Å². The first-order valence-corrected chi connectivity index (χ1v) is 7.99. The minimum atomic E-state index is -3.23. The van der Waals surface area contributed by atoms with Crippen molar-refractivity contribution < 1.29 is 13.7 Å². The van der Waals surface area contributed by atoms with E-state index in [1.165, 1.54) is 6.20 Å². The Labute approximate surface area is 123 Å². The first-order chi connectivity index (χ1) is 10.1. The van der Waals surface area contributed by atoms with Gasteiger partial charge in [0.15, 0.2) is 9.92 Å². The maximum atomic E-state index is 12.6. The highest BCUT2D eigenvalue weighted by atomic mass is 32.2. The lowest BCUT2D eigenvalue weighted by Gasteiger charge is -2.12. The molecule has 0 saturated carbocycles. The van der Waals surface area contributed by atoms with Crippen molar-refractivity contribution in [3.63, 3.8) is 0 Å². The first-order valence-electron chi connectivity index (χ1n) is 6.43. The lowest BCUT2D eigenvalue weighted by molar-refractivity contribution is 0.0920. The SMILES string of the molecule is COCC1Cn2ncc(S(=N)(=O)Nc3ccccc3)c2O1. The lowest BCUT2D eigenvalue weighted by Crippen LogP contribution is -2.21. The van der Waals surface area contributed by atoms with E-state index in [1.54, 1.807) is 23.9 Å². The van der Waals surface area contributed by atoms with Gasteiger partial charge in [-0.25, -0.2) is 13.7 Å². The molecule has 112 valence electrons. The Morgan fingerprint density at radius 3 is 3.00 bits per heavy atom. The molecule has 7 nitrogen and oxygen atoms in total. The third kappa shape index (κ3) is 2.72. The van der Waals surface area contributed by atoms with E-state index in [0.29, 0.717) is 24.7 Å². The Kier molecular flexibility index (Phi) is 3.56. The van der Waals surface area contributed by atoms with E-state index in [4.69, 9.17) is 14.3 Å². The summed E-state index contributed by atoms with van der Waals surface area (Å²) in [7, 11) is -1.64. The second kappa shape index (κ2) is 5.38. The molecule has 2 aromatic rings. The molecule has 0 saturated heterocycles. The second-order valence-corrected chi connectivity index (χ2v) is 6.47. The molecule has 1 aliphatic rings. The van der Waals surface area contributed by atoms with Crippen LogP contribution in [0.25, 0.3) is 0 Å². The van der Waals surface area contributed by atoms with Gasteiger partial charge in [0.25, 0.3) is 0 Å². The fourth-order valence-electron chi connectivity index (χ4n) is 2.19. The molecule has 3 rings (SSSR count).